The molecule has 0 aliphatic carbocycles. The molecule has 2 rings (SSSR count). The number of rotatable bonds is 14. The van der Waals surface area contributed by atoms with Gasteiger partial charge in [0, 0.05) is 19.5 Å². The van der Waals surface area contributed by atoms with Crippen LogP contribution in [0.25, 0.3) is 0 Å². The fraction of sp³-hybridized carbons (Fsp3) is 0.292. The third-order valence-corrected chi connectivity index (χ3v) is 5.11. The van der Waals surface area contributed by atoms with Gasteiger partial charge in [-0.3, -0.25) is 9.59 Å². The van der Waals surface area contributed by atoms with E-state index in [0.29, 0.717) is 11.1 Å². The number of aliphatic carboxylic acids is 3. The van der Waals surface area contributed by atoms with Crippen LogP contribution >= 0.6 is 0 Å². The third kappa shape index (κ3) is 9.20. The first kappa shape index (κ1) is 29.8. The third-order valence-electron chi connectivity index (χ3n) is 5.11. The molecule has 2 aromatic carbocycles. The van der Waals surface area contributed by atoms with Crippen LogP contribution in [-0.2, 0) is 43.1 Å². The van der Waals surface area contributed by atoms with Crippen molar-refractivity contribution in [2.45, 2.75) is 37.7 Å². The van der Waals surface area contributed by atoms with Crippen LogP contribution < -0.4 is 15.4 Å². The Morgan fingerprint density at radius 3 is 1.89 bits per heavy atom. The van der Waals surface area contributed by atoms with Crippen molar-refractivity contribution >= 4 is 29.6 Å². The molecule has 204 valence electrons. The van der Waals surface area contributed by atoms with Crippen molar-refractivity contribution in [3.8, 4) is 5.75 Å². The Kier molecular flexibility index (Phi) is 10.3. The molecule has 0 aliphatic heterocycles. The average molecular weight is 540 g/mol. The first-order valence-electron chi connectivity index (χ1n) is 10.9. The van der Waals surface area contributed by atoms with Gasteiger partial charge in [-0.2, -0.15) is 13.2 Å². The van der Waals surface area contributed by atoms with Gasteiger partial charge in [-0.25, -0.2) is 14.4 Å². The summed E-state index contributed by atoms with van der Waals surface area (Å²) in [6.07, 6.45) is -7.04. The molecule has 0 aromatic heterocycles. The van der Waals surface area contributed by atoms with Crippen molar-refractivity contribution in [2.75, 3.05) is 6.54 Å². The smallest absolute Gasteiger partial charge is 0.416 e. The number of carbonyl (C=O) groups is 5. The zero-order chi connectivity index (χ0) is 28.5. The van der Waals surface area contributed by atoms with E-state index in [1.54, 1.807) is 0 Å². The molecule has 0 radical (unpaired) electrons. The molecule has 38 heavy (non-hydrogen) atoms. The fourth-order valence-electron chi connectivity index (χ4n) is 3.13. The number of ketones is 1. The number of carbonyl (C=O) groups excluding carboxylic acids is 2. The molecule has 14 heteroatoms. The molecule has 0 saturated heterocycles. The highest BCUT2D eigenvalue weighted by molar-refractivity contribution is 6.32. The monoisotopic (exact) mass is 540 g/mol. The van der Waals surface area contributed by atoms with Crippen LogP contribution in [0.4, 0.5) is 13.2 Å². The molecule has 11 nitrogen and oxygen atoms in total. The minimum absolute atomic E-state index is 0.00166. The summed E-state index contributed by atoms with van der Waals surface area (Å²) in [5.41, 5.74) is 0.0473. The molecule has 1 atom stereocenters. The summed E-state index contributed by atoms with van der Waals surface area (Å²) in [6, 6.07) is 8.62. The maximum absolute atomic E-state index is 12.8. The Hall–Kier alpha value is -4.46. The minimum Gasteiger partial charge on any atom is -0.478 e. The lowest BCUT2D eigenvalue weighted by atomic mass is 10.0. The van der Waals surface area contributed by atoms with Gasteiger partial charge < -0.3 is 30.7 Å². The van der Waals surface area contributed by atoms with Crippen molar-refractivity contribution < 1.29 is 57.2 Å². The Morgan fingerprint density at radius 2 is 1.39 bits per heavy atom. The number of ether oxygens (including phenoxy) is 1. The van der Waals surface area contributed by atoms with Gasteiger partial charge in [0.05, 0.1) is 11.6 Å². The lowest BCUT2D eigenvalue weighted by molar-refractivity contribution is -0.159. The van der Waals surface area contributed by atoms with E-state index in [1.165, 1.54) is 36.4 Å². The molecule has 0 saturated carbocycles. The van der Waals surface area contributed by atoms with Gasteiger partial charge in [-0.1, -0.05) is 24.3 Å². The van der Waals surface area contributed by atoms with E-state index in [-0.39, 0.29) is 25.3 Å². The number of alkyl halides is 3. The second-order valence-electron chi connectivity index (χ2n) is 7.92. The largest absolute Gasteiger partial charge is 0.478 e. The number of carboxylic acid groups (broad SMARTS) is 3. The summed E-state index contributed by atoms with van der Waals surface area (Å²) in [7, 11) is 0. The van der Waals surface area contributed by atoms with Gasteiger partial charge in [0.1, 0.15) is 5.75 Å². The van der Waals surface area contributed by atoms with E-state index in [2.05, 4.69) is 10.6 Å². The fourth-order valence-corrected chi connectivity index (χ4v) is 3.13. The zero-order valence-electron chi connectivity index (χ0n) is 19.5. The van der Waals surface area contributed by atoms with E-state index in [0.717, 1.165) is 12.1 Å². The number of benzene rings is 2. The molecule has 0 fully saturated rings. The number of carboxylic acids is 3. The first-order chi connectivity index (χ1) is 17.8. The summed E-state index contributed by atoms with van der Waals surface area (Å²) >= 11 is 0. The zero-order valence-corrected chi connectivity index (χ0v) is 19.5. The van der Waals surface area contributed by atoms with Crippen LogP contribution in [0, 0.1) is 0 Å². The van der Waals surface area contributed by atoms with Gasteiger partial charge in [0.15, 0.2) is 0 Å². The lowest BCUT2D eigenvalue weighted by Gasteiger charge is -2.19. The molecule has 5 N–H and O–H groups in total. The van der Waals surface area contributed by atoms with Crippen LogP contribution in [0.1, 0.15) is 23.1 Å². The highest BCUT2D eigenvalue weighted by atomic mass is 19.4. The van der Waals surface area contributed by atoms with Crippen molar-refractivity contribution in [1.29, 1.82) is 0 Å². The number of hydrogen-bond acceptors (Lipinski definition) is 7. The summed E-state index contributed by atoms with van der Waals surface area (Å²) in [4.78, 5) is 56.9. The Labute approximate surface area is 213 Å². The lowest BCUT2D eigenvalue weighted by Crippen LogP contribution is -2.46. The van der Waals surface area contributed by atoms with Crippen LogP contribution in [-0.4, -0.2) is 63.6 Å². The molecular formula is C24H23F3N2O9. The first-order valence-corrected chi connectivity index (χ1v) is 10.9. The summed E-state index contributed by atoms with van der Waals surface area (Å²) in [5, 5.41) is 31.9. The van der Waals surface area contributed by atoms with Gasteiger partial charge in [0.25, 0.3) is 6.10 Å². The van der Waals surface area contributed by atoms with E-state index < -0.39 is 59.9 Å². The van der Waals surface area contributed by atoms with Crippen LogP contribution in [0.15, 0.2) is 48.5 Å². The van der Waals surface area contributed by atoms with Crippen LogP contribution in [0.2, 0.25) is 0 Å². The minimum atomic E-state index is -4.51. The summed E-state index contributed by atoms with van der Waals surface area (Å²) < 4.78 is 43.1. The Morgan fingerprint density at radius 1 is 0.842 bits per heavy atom. The highest BCUT2D eigenvalue weighted by Crippen LogP contribution is 2.29. The normalized spacial score (nSPS) is 12.0. The molecule has 1 amide bonds. The average Bonchev–Trinajstić information content (AvgIpc) is 2.85. The second kappa shape index (κ2) is 13.2. The molecule has 1 unspecified atom stereocenters. The van der Waals surface area contributed by atoms with Gasteiger partial charge in [0.2, 0.25) is 11.7 Å². The number of nitrogens with one attached hydrogen (secondary N) is 2. The predicted molar refractivity (Wildman–Crippen MR) is 122 cm³/mol. The topological polar surface area (TPSA) is 179 Å². The molecule has 0 aliphatic rings. The predicted octanol–water partition coefficient (Wildman–Crippen LogP) is 1.48. The van der Waals surface area contributed by atoms with Gasteiger partial charge >= 0.3 is 24.1 Å². The van der Waals surface area contributed by atoms with Crippen LogP contribution in [0.3, 0.4) is 0 Å². The maximum atomic E-state index is 12.8. The van der Waals surface area contributed by atoms with Crippen molar-refractivity contribution in [3.63, 3.8) is 0 Å². The van der Waals surface area contributed by atoms with Gasteiger partial charge in [-0.15, -0.1) is 0 Å². The van der Waals surface area contributed by atoms with Crippen LogP contribution in [0.5, 0.6) is 5.75 Å². The van der Waals surface area contributed by atoms with E-state index in [9.17, 15) is 37.1 Å². The van der Waals surface area contributed by atoms with E-state index >= 15 is 0 Å². The summed E-state index contributed by atoms with van der Waals surface area (Å²) in [6.45, 7) is -0.272. The Bertz CT molecular complexity index is 1150. The number of hydrogen-bond donors (Lipinski definition) is 5. The van der Waals surface area contributed by atoms with E-state index in [1.807, 2.05) is 0 Å². The second-order valence-corrected chi connectivity index (χ2v) is 7.92. The summed E-state index contributed by atoms with van der Waals surface area (Å²) in [5.74, 6) is -6.77. The number of halogens is 3. The van der Waals surface area contributed by atoms with E-state index in [4.69, 9.17) is 20.1 Å². The molecule has 0 bridgehead atoms. The standard InChI is InChI=1S/C24H23F3N2O9/c25-24(26,27)15-5-1-14(2-6-15)12-29-20(31)17(28-10-9-18(30)21(32)33)11-13-3-7-16(8-4-13)38-19(22(34)35)23(36)37/h1-8,17,19,28H,9-12H2,(H,29,31)(H,32,33)(H,34,35)(H,36,37). The van der Waals surface area contributed by atoms with Crippen molar-refractivity contribution in [2.24, 2.45) is 0 Å². The number of Topliss-reactive ketones (excluding diaryl/α,β-unsaturated/α-hetero) is 1. The molecule has 0 heterocycles. The maximum Gasteiger partial charge on any atom is 0.416 e. The van der Waals surface area contributed by atoms with Crippen molar-refractivity contribution in [3.05, 3.63) is 65.2 Å². The highest BCUT2D eigenvalue weighted by Gasteiger charge is 2.30. The van der Waals surface area contributed by atoms with Gasteiger partial charge in [-0.05, 0) is 41.8 Å². The molecular weight excluding hydrogens is 517 g/mol. The Balaban J connectivity index is 2.09. The quantitative estimate of drug-likeness (QED) is 0.174. The molecule has 2 aromatic rings. The SMILES string of the molecule is O=C(O)C(=O)CCNC(Cc1ccc(OC(C(=O)O)C(=O)O)cc1)C(=O)NCc1ccc(C(F)(F)F)cc1. The number of amides is 1. The molecule has 0 spiro atoms. The van der Waals surface area contributed by atoms with Crippen molar-refractivity contribution in [1.82, 2.24) is 10.6 Å².